The Morgan fingerprint density at radius 3 is 2.33 bits per heavy atom. The van der Waals surface area contributed by atoms with Crippen molar-refractivity contribution in [3.05, 3.63) is 22.2 Å². The van der Waals surface area contributed by atoms with Crippen molar-refractivity contribution in [1.29, 1.82) is 0 Å². The highest BCUT2D eigenvalue weighted by Crippen LogP contribution is 2.34. The van der Waals surface area contributed by atoms with Gasteiger partial charge in [0.1, 0.15) is 17.3 Å². The van der Waals surface area contributed by atoms with Gasteiger partial charge in [0.15, 0.2) is 0 Å². The zero-order chi connectivity index (χ0) is 13.9. The second kappa shape index (κ2) is 6.30. The van der Waals surface area contributed by atoms with E-state index in [1.165, 1.54) is 12.1 Å². The van der Waals surface area contributed by atoms with Gasteiger partial charge in [-0.15, -0.1) is 0 Å². The van der Waals surface area contributed by atoms with Crippen molar-refractivity contribution in [3.8, 4) is 5.75 Å². The van der Waals surface area contributed by atoms with E-state index < -0.39 is 9.05 Å². The maximum absolute atomic E-state index is 11.2. The molecule has 1 rings (SSSR count). The number of nitrogens with zero attached hydrogens (tertiary/aromatic N) is 1. The average molecular weight is 333 g/mol. The van der Waals surface area contributed by atoms with Gasteiger partial charge in [-0.2, -0.15) is 0 Å². The molecule has 0 aliphatic rings. The summed E-state index contributed by atoms with van der Waals surface area (Å²) < 4.78 is 27.8. The topological polar surface area (TPSA) is 46.6 Å². The highest BCUT2D eigenvalue weighted by atomic mass is 35.7. The van der Waals surface area contributed by atoms with Crippen LogP contribution in [0, 0.1) is 0 Å². The van der Waals surface area contributed by atoms with Crippen LogP contribution in [-0.4, -0.2) is 40.6 Å². The van der Waals surface area contributed by atoms with Crippen LogP contribution in [0.3, 0.4) is 0 Å². The largest absolute Gasteiger partial charge is 0.491 e. The molecular formula is C10H12Cl3NO3S. The van der Waals surface area contributed by atoms with Crippen molar-refractivity contribution >= 4 is 42.9 Å². The highest BCUT2D eigenvalue weighted by Gasteiger charge is 2.18. The minimum Gasteiger partial charge on any atom is -0.491 e. The smallest absolute Gasteiger partial charge is 0.262 e. The van der Waals surface area contributed by atoms with E-state index in [-0.39, 0.29) is 14.9 Å². The molecular weight excluding hydrogens is 321 g/mol. The third-order valence-corrected chi connectivity index (χ3v) is 4.13. The van der Waals surface area contributed by atoms with Gasteiger partial charge in [0.25, 0.3) is 9.05 Å². The average Bonchev–Trinajstić information content (AvgIpc) is 2.20. The van der Waals surface area contributed by atoms with Crippen molar-refractivity contribution < 1.29 is 13.2 Å². The maximum Gasteiger partial charge on any atom is 0.262 e. The molecule has 0 saturated carbocycles. The summed E-state index contributed by atoms with van der Waals surface area (Å²) in [5, 5.41) is 0.131. The molecule has 0 bridgehead atoms. The van der Waals surface area contributed by atoms with Crippen molar-refractivity contribution in [3.63, 3.8) is 0 Å². The number of ether oxygens (including phenoxy) is 1. The number of hydrogen-bond acceptors (Lipinski definition) is 4. The van der Waals surface area contributed by atoms with Gasteiger partial charge in [-0.3, -0.25) is 0 Å². The Morgan fingerprint density at radius 1 is 1.22 bits per heavy atom. The van der Waals surface area contributed by atoms with E-state index in [0.29, 0.717) is 18.9 Å². The third-order valence-electron chi connectivity index (χ3n) is 2.05. The van der Waals surface area contributed by atoms with E-state index >= 15 is 0 Å². The molecule has 0 aromatic heterocycles. The predicted molar refractivity (Wildman–Crippen MR) is 73.5 cm³/mol. The van der Waals surface area contributed by atoms with Crippen LogP contribution < -0.4 is 4.74 Å². The van der Waals surface area contributed by atoms with Gasteiger partial charge in [0.05, 0.1) is 10.0 Å². The summed E-state index contributed by atoms with van der Waals surface area (Å²) in [6.45, 7) is 1.11. The predicted octanol–water partition coefficient (Wildman–Crippen LogP) is 2.86. The fraction of sp³-hybridized carbons (Fsp3) is 0.400. The summed E-state index contributed by atoms with van der Waals surface area (Å²) in [4.78, 5) is 1.71. The lowest BCUT2D eigenvalue weighted by Gasteiger charge is -2.13. The summed E-state index contributed by atoms with van der Waals surface area (Å²) in [5.41, 5.74) is 0. The lowest BCUT2D eigenvalue weighted by molar-refractivity contribution is 0.261. The zero-order valence-corrected chi connectivity index (χ0v) is 12.9. The Bertz CT molecular complexity index is 531. The molecule has 0 amide bonds. The van der Waals surface area contributed by atoms with E-state index in [4.69, 9.17) is 38.6 Å². The molecule has 0 aliphatic carbocycles. The normalized spacial score (nSPS) is 11.9. The quantitative estimate of drug-likeness (QED) is 0.778. The van der Waals surface area contributed by atoms with Gasteiger partial charge in [-0.05, 0) is 20.2 Å². The molecule has 0 N–H and O–H groups in total. The second-order valence-corrected chi connectivity index (χ2v) is 7.15. The molecule has 1 aromatic carbocycles. The van der Waals surface area contributed by atoms with Gasteiger partial charge >= 0.3 is 0 Å². The lowest BCUT2D eigenvalue weighted by atomic mass is 10.3. The fourth-order valence-electron chi connectivity index (χ4n) is 1.15. The Balaban J connectivity index is 2.94. The summed E-state index contributed by atoms with van der Waals surface area (Å²) in [5.74, 6) is 0.326. The molecule has 102 valence electrons. The summed E-state index contributed by atoms with van der Waals surface area (Å²) >= 11 is 11.7. The minimum absolute atomic E-state index is 0.0192. The number of benzene rings is 1. The maximum atomic E-state index is 11.2. The van der Waals surface area contributed by atoms with Crippen LogP contribution in [0.25, 0.3) is 0 Å². The molecule has 0 unspecified atom stereocenters. The summed E-state index contributed by atoms with van der Waals surface area (Å²) in [6.07, 6.45) is 0. The number of hydrogen-bond donors (Lipinski definition) is 0. The Morgan fingerprint density at radius 2 is 1.83 bits per heavy atom. The molecule has 0 radical (unpaired) electrons. The van der Waals surface area contributed by atoms with Crippen molar-refractivity contribution in [2.45, 2.75) is 4.90 Å². The molecule has 4 nitrogen and oxygen atoms in total. The van der Waals surface area contributed by atoms with Gasteiger partial charge in [0.2, 0.25) is 0 Å². The van der Waals surface area contributed by atoms with Crippen LogP contribution >= 0.6 is 33.9 Å². The second-order valence-electron chi connectivity index (χ2n) is 3.80. The first-order valence-electron chi connectivity index (χ1n) is 4.93. The third kappa shape index (κ3) is 4.48. The van der Waals surface area contributed by atoms with Crippen molar-refractivity contribution in [1.82, 2.24) is 4.90 Å². The van der Waals surface area contributed by atoms with Crippen LogP contribution in [0.1, 0.15) is 0 Å². The van der Waals surface area contributed by atoms with E-state index in [1.54, 1.807) is 0 Å². The summed E-state index contributed by atoms with van der Waals surface area (Å²) in [6, 6.07) is 2.52. The van der Waals surface area contributed by atoms with Gasteiger partial charge in [0, 0.05) is 23.3 Å². The van der Waals surface area contributed by atoms with Crippen LogP contribution in [0.15, 0.2) is 17.0 Å². The zero-order valence-electron chi connectivity index (χ0n) is 9.78. The summed E-state index contributed by atoms with van der Waals surface area (Å²) in [7, 11) is 5.11. The Kier molecular flexibility index (Phi) is 5.55. The molecule has 8 heteroatoms. The van der Waals surface area contributed by atoms with Crippen LogP contribution in [0.5, 0.6) is 5.75 Å². The van der Waals surface area contributed by atoms with Crippen LogP contribution in [0.2, 0.25) is 10.0 Å². The van der Waals surface area contributed by atoms with E-state index in [2.05, 4.69) is 0 Å². The number of likely N-dealkylation sites (N-methyl/N-ethyl adjacent to an activating group) is 1. The monoisotopic (exact) mass is 331 g/mol. The van der Waals surface area contributed by atoms with Crippen molar-refractivity contribution in [2.24, 2.45) is 0 Å². The number of rotatable bonds is 5. The molecule has 1 aromatic rings. The van der Waals surface area contributed by atoms with Gasteiger partial charge < -0.3 is 9.64 Å². The van der Waals surface area contributed by atoms with Gasteiger partial charge in [-0.1, -0.05) is 23.2 Å². The molecule has 0 spiro atoms. The van der Waals surface area contributed by atoms with Gasteiger partial charge in [-0.25, -0.2) is 8.42 Å². The molecule has 0 atom stereocenters. The highest BCUT2D eigenvalue weighted by molar-refractivity contribution is 8.13. The first kappa shape index (κ1) is 15.9. The van der Waals surface area contributed by atoms with E-state index in [1.807, 2.05) is 19.0 Å². The van der Waals surface area contributed by atoms with E-state index in [9.17, 15) is 8.42 Å². The lowest BCUT2D eigenvalue weighted by Crippen LogP contribution is -2.19. The molecule has 0 fully saturated rings. The first-order chi connectivity index (χ1) is 8.21. The Hall–Kier alpha value is -0.200. The van der Waals surface area contributed by atoms with E-state index in [0.717, 1.165) is 0 Å². The van der Waals surface area contributed by atoms with Crippen LogP contribution in [0.4, 0.5) is 0 Å². The van der Waals surface area contributed by atoms with Crippen LogP contribution in [-0.2, 0) is 9.05 Å². The standard InChI is InChI=1S/C10H12Cl3NO3S/c1-14(2)3-4-17-9-5-8(12)10(6-7(9)11)18(13,15)16/h5-6H,3-4H2,1-2H3. The minimum atomic E-state index is -3.91. The number of halogens is 3. The fourth-order valence-corrected chi connectivity index (χ4v) is 2.94. The Labute approximate surface area is 121 Å². The first-order valence-corrected chi connectivity index (χ1v) is 7.99. The molecule has 18 heavy (non-hydrogen) atoms. The molecule has 0 heterocycles. The molecule has 0 saturated heterocycles. The molecule has 0 aliphatic heterocycles. The SMILES string of the molecule is CN(C)CCOc1cc(Cl)c(S(=O)(=O)Cl)cc1Cl. The van der Waals surface area contributed by atoms with Crippen molar-refractivity contribution in [2.75, 3.05) is 27.2 Å².